The van der Waals surface area contributed by atoms with Crippen LogP contribution in [-0.4, -0.2) is 23.8 Å². The lowest BCUT2D eigenvalue weighted by Crippen LogP contribution is -2.26. The Morgan fingerprint density at radius 3 is 1.79 bits per heavy atom. The lowest BCUT2D eigenvalue weighted by Gasteiger charge is -2.10. The second kappa shape index (κ2) is 4.22. The highest BCUT2D eigenvalue weighted by Crippen LogP contribution is 2.30. The average molecular weight is 193 g/mol. The summed E-state index contributed by atoms with van der Waals surface area (Å²) < 4.78 is 0. The normalized spacial score (nSPS) is 26.8. The molecule has 1 fully saturated rings. The monoisotopic (exact) mass is 193 g/mol. The van der Waals surface area contributed by atoms with Gasteiger partial charge in [-0.3, -0.25) is 14.5 Å². The van der Waals surface area contributed by atoms with Crippen LogP contribution < -0.4 is 0 Å². The minimum atomic E-state index is -0.233. The van der Waals surface area contributed by atoms with Gasteiger partial charge in [0.25, 0.3) is 0 Å². The summed E-state index contributed by atoms with van der Waals surface area (Å²) in [6.07, 6.45) is 4.50. The molecule has 0 aliphatic carbocycles. The third-order valence-electron chi connectivity index (χ3n) is 2.62. The molecule has 2 amide bonds. The molecule has 2 unspecified atom stereocenters. The van der Waals surface area contributed by atoms with E-state index in [1.807, 2.05) is 0 Å². The topological polar surface area (TPSA) is 37.4 Å². The Hall–Kier alpha value is -1.38. The number of hydrogen-bond acceptors (Lipinski definition) is 2. The average Bonchev–Trinajstić information content (AvgIpc) is 2.36. The van der Waals surface area contributed by atoms with Gasteiger partial charge in [0.2, 0.25) is 11.8 Å². The van der Waals surface area contributed by atoms with Crippen molar-refractivity contribution in [1.29, 1.82) is 0 Å². The van der Waals surface area contributed by atoms with Gasteiger partial charge in [-0.05, 0) is 12.8 Å². The zero-order valence-electron chi connectivity index (χ0n) is 8.40. The fraction of sp³-hybridized carbons (Fsp3) is 0.455. The molecule has 0 radical (unpaired) electrons. The summed E-state index contributed by atoms with van der Waals surface area (Å²) in [6.45, 7) is 7.19. The third-order valence-corrected chi connectivity index (χ3v) is 2.62. The van der Waals surface area contributed by atoms with Crippen molar-refractivity contribution in [3.05, 3.63) is 25.3 Å². The van der Waals surface area contributed by atoms with Gasteiger partial charge in [0.05, 0.1) is 11.8 Å². The van der Waals surface area contributed by atoms with Gasteiger partial charge in [0, 0.05) is 7.05 Å². The van der Waals surface area contributed by atoms with Crippen molar-refractivity contribution in [3.63, 3.8) is 0 Å². The van der Waals surface area contributed by atoms with Crippen LogP contribution in [0.15, 0.2) is 25.3 Å². The second-order valence-electron chi connectivity index (χ2n) is 3.50. The molecule has 0 saturated carbocycles. The number of carbonyl (C=O) groups excluding carboxylic acids is 2. The van der Waals surface area contributed by atoms with E-state index in [0.717, 1.165) is 0 Å². The number of allylic oxidation sites excluding steroid dienone is 2. The van der Waals surface area contributed by atoms with Gasteiger partial charge >= 0.3 is 0 Å². The van der Waals surface area contributed by atoms with Crippen LogP contribution in [0.25, 0.3) is 0 Å². The Morgan fingerprint density at radius 2 is 1.50 bits per heavy atom. The first kappa shape index (κ1) is 10.7. The lowest BCUT2D eigenvalue weighted by atomic mass is 9.89. The van der Waals surface area contributed by atoms with E-state index < -0.39 is 0 Å². The van der Waals surface area contributed by atoms with Gasteiger partial charge in [-0.2, -0.15) is 0 Å². The Kier molecular flexibility index (Phi) is 3.23. The molecule has 0 aromatic rings. The fourth-order valence-electron chi connectivity index (χ4n) is 1.84. The number of likely N-dealkylation sites (tertiary alicyclic amines) is 1. The van der Waals surface area contributed by atoms with Crippen molar-refractivity contribution in [2.24, 2.45) is 11.8 Å². The van der Waals surface area contributed by atoms with Crippen LogP contribution in [0.4, 0.5) is 0 Å². The zero-order valence-corrected chi connectivity index (χ0v) is 8.40. The molecular formula is C11H15NO2. The van der Waals surface area contributed by atoms with E-state index in [9.17, 15) is 9.59 Å². The third kappa shape index (κ3) is 1.62. The van der Waals surface area contributed by atoms with Crippen molar-refractivity contribution in [2.75, 3.05) is 7.05 Å². The van der Waals surface area contributed by atoms with E-state index in [0.29, 0.717) is 12.8 Å². The van der Waals surface area contributed by atoms with Crippen LogP contribution in [-0.2, 0) is 9.59 Å². The first-order valence-electron chi connectivity index (χ1n) is 4.66. The number of rotatable bonds is 4. The Balaban J connectivity index is 2.88. The molecule has 1 heterocycles. The number of nitrogens with zero attached hydrogens (tertiary/aromatic N) is 1. The lowest BCUT2D eigenvalue weighted by molar-refractivity contribution is -0.138. The summed E-state index contributed by atoms with van der Waals surface area (Å²) in [4.78, 5) is 24.4. The maximum atomic E-state index is 11.6. The fourth-order valence-corrected chi connectivity index (χ4v) is 1.84. The van der Waals surface area contributed by atoms with Gasteiger partial charge in [-0.1, -0.05) is 12.2 Å². The van der Waals surface area contributed by atoms with E-state index in [2.05, 4.69) is 13.2 Å². The summed E-state index contributed by atoms with van der Waals surface area (Å²) >= 11 is 0. The highest BCUT2D eigenvalue weighted by atomic mass is 16.2. The van der Waals surface area contributed by atoms with Crippen molar-refractivity contribution < 1.29 is 9.59 Å². The molecule has 1 rings (SSSR count). The maximum Gasteiger partial charge on any atom is 0.233 e. The predicted molar refractivity (Wildman–Crippen MR) is 54.4 cm³/mol. The molecule has 0 N–H and O–H groups in total. The predicted octanol–water partition coefficient (Wildman–Crippen LogP) is 1.37. The summed E-state index contributed by atoms with van der Waals surface area (Å²) in [6, 6.07) is 0. The molecule has 0 aromatic heterocycles. The second-order valence-corrected chi connectivity index (χ2v) is 3.50. The Labute approximate surface area is 84.1 Å². The molecule has 0 bridgehead atoms. The molecule has 2 atom stereocenters. The van der Waals surface area contributed by atoms with E-state index in [-0.39, 0.29) is 23.7 Å². The molecule has 14 heavy (non-hydrogen) atoms. The number of carbonyl (C=O) groups is 2. The van der Waals surface area contributed by atoms with Crippen LogP contribution in [0.3, 0.4) is 0 Å². The quantitative estimate of drug-likeness (QED) is 0.499. The van der Waals surface area contributed by atoms with E-state index >= 15 is 0 Å². The van der Waals surface area contributed by atoms with Crippen molar-refractivity contribution in [3.8, 4) is 0 Å². The molecule has 3 nitrogen and oxygen atoms in total. The van der Waals surface area contributed by atoms with Crippen molar-refractivity contribution in [1.82, 2.24) is 4.90 Å². The van der Waals surface area contributed by atoms with Gasteiger partial charge < -0.3 is 0 Å². The molecule has 76 valence electrons. The van der Waals surface area contributed by atoms with Gasteiger partial charge in [0.15, 0.2) is 0 Å². The maximum absolute atomic E-state index is 11.6. The molecule has 0 spiro atoms. The highest BCUT2D eigenvalue weighted by molar-refractivity contribution is 6.04. The van der Waals surface area contributed by atoms with Crippen LogP contribution in [0.1, 0.15) is 12.8 Å². The number of amides is 2. The first-order chi connectivity index (χ1) is 6.63. The number of imide groups is 1. The van der Waals surface area contributed by atoms with Crippen molar-refractivity contribution in [2.45, 2.75) is 12.8 Å². The zero-order chi connectivity index (χ0) is 10.7. The van der Waals surface area contributed by atoms with Gasteiger partial charge in [-0.15, -0.1) is 13.2 Å². The standard InChI is InChI=1S/C11H15NO2/c1-4-6-8-9(7-5-2)11(14)12(3)10(8)13/h4-5,8-9H,1-2,6-7H2,3H3. The van der Waals surface area contributed by atoms with Crippen LogP contribution in [0, 0.1) is 11.8 Å². The molecule has 1 saturated heterocycles. The minimum absolute atomic E-state index is 0.0956. The SMILES string of the molecule is C=CCC1C(=O)N(C)C(=O)C1CC=C. The summed E-state index contributed by atoms with van der Waals surface area (Å²) in [7, 11) is 1.53. The van der Waals surface area contributed by atoms with E-state index in [1.165, 1.54) is 11.9 Å². The number of hydrogen-bond donors (Lipinski definition) is 0. The summed E-state index contributed by atoms with van der Waals surface area (Å²) in [5.74, 6) is -0.658. The van der Waals surface area contributed by atoms with Crippen LogP contribution >= 0.6 is 0 Å². The van der Waals surface area contributed by atoms with Crippen LogP contribution in [0.2, 0.25) is 0 Å². The van der Waals surface area contributed by atoms with E-state index in [1.54, 1.807) is 12.2 Å². The first-order valence-corrected chi connectivity index (χ1v) is 4.66. The van der Waals surface area contributed by atoms with E-state index in [4.69, 9.17) is 0 Å². The smallest absolute Gasteiger partial charge is 0.233 e. The van der Waals surface area contributed by atoms with Gasteiger partial charge in [-0.25, -0.2) is 0 Å². The van der Waals surface area contributed by atoms with Crippen LogP contribution in [0.5, 0.6) is 0 Å². The Bertz CT molecular complexity index is 255. The molecule has 1 aliphatic rings. The van der Waals surface area contributed by atoms with Crippen molar-refractivity contribution >= 4 is 11.8 Å². The molecule has 0 aromatic carbocycles. The Morgan fingerprint density at radius 1 is 1.14 bits per heavy atom. The summed E-state index contributed by atoms with van der Waals surface area (Å²) in [5.41, 5.74) is 0. The van der Waals surface area contributed by atoms with Gasteiger partial charge in [0.1, 0.15) is 0 Å². The summed E-state index contributed by atoms with van der Waals surface area (Å²) in [5, 5.41) is 0. The minimum Gasteiger partial charge on any atom is -0.285 e. The molecule has 3 heteroatoms. The molecular weight excluding hydrogens is 178 g/mol. The highest BCUT2D eigenvalue weighted by Gasteiger charge is 2.43. The largest absolute Gasteiger partial charge is 0.285 e. The molecule has 1 aliphatic heterocycles.